The van der Waals surface area contributed by atoms with Crippen molar-refractivity contribution in [2.75, 3.05) is 5.73 Å². The molecular formula is C18H26N6O2. The maximum atomic E-state index is 12.9. The van der Waals surface area contributed by atoms with E-state index in [0.29, 0.717) is 22.3 Å². The number of aliphatic hydroxyl groups is 1. The van der Waals surface area contributed by atoms with Crippen LogP contribution in [0.2, 0.25) is 0 Å². The maximum absolute atomic E-state index is 12.9. The number of rotatable bonds is 4. The highest BCUT2D eigenvalue weighted by molar-refractivity contribution is 5.97. The van der Waals surface area contributed by atoms with Gasteiger partial charge in [-0.25, -0.2) is 0 Å². The van der Waals surface area contributed by atoms with E-state index in [1.54, 1.807) is 36.3 Å². The van der Waals surface area contributed by atoms with Crippen molar-refractivity contribution in [1.29, 1.82) is 0 Å². The number of aryl methyl sites for hydroxylation is 1. The van der Waals surface area contributed by atoms with Crippen molar-refractivity contribution in [2.45, 2.75) is 46.3 Å². The van der Waals surface area contributed by atoms with Crippen molar-refractivity contribution < 1.29 is 5.11 Å². The monoisotopic (exact) mass is 358 g/mol. The Bertz CT molecular complexity index is 1020. The second-order valence-corrected chi connectivity index (χ2v) is 7.70. The van der Waals surface area contributed by atoms with E-state index in [9.17, 15) is 9.90 Å². The Labute approximate surface area is 151 Å². The van der Waals surface area contributed by atoms with Crippen LogP contribution in [-0.4, -0.2) is 29.7 Å². The number of nitrogens with one attached hydrogen (secondary N) is 1. The van der Waals surface area contributed by atoms with Gasteiger partial charge in [-0.1, -0.05) is 13.8 Å². The Morgan fingerprint density at radius 3 is 2.50 bits per heavy atom. The van der Waals surface area contributed by atoms with E-state index in [4.69, 9.17) is 5.73 Å². The quantitative estimate of drug-likeness (QED) is 0.661. The fourth-order valence-corrected chi connectivity index (χ4v) is 3.15. The van der Waals surface area contributed by atoms with Gasteiger partial charge in [0.15, 0.2) is 5.82 Å². The lowest BCUT2D eigenvalue weighted by Gasteiger charge is -2.20. The molecule has 3 aromatic heterocycles. The van der Waals surface area contributed by atoms with Gasteiger partial charge in [-0.2, -0.15) is 10.2 Å². The summed E-state index contributed by atoms with van der Waals surface area (Å²) >= 11 is 0. The number of aromatic nitrogens is 5. The molecule has 1 atom stereocenters. The van der Waals surface area contributed by atoms with E-state index in [2.05, 4.69) is 29.1 Å². The molecule has 26 heavy (non-hydrogen) atoms. The van der Waals surface area contributed by atoms with Crippen LogP contribution in [0.4, 0.5) is 5.82 Å². The van der Waals surface area contributed by atoms with Crippen LogP contribution in [0.15, 0.2) is 17.1 Å². The number of hydrogen-bond acceptors (Lipinski definition) is 5. The highest BCUT2D eigenvalue weighted by atomic mass is 16.3. The third kappa shape index (κ3) is 2.80. The average molecular weight is 358 g/mol. The van der Waals surface area contributed by atoms with Crippen molar-refractivity contribution in [3.63, 3.8) is 0 Å². The lowest BCUT2D eigenvalue weighted by Crippen LogP contribution is -2.26. The van der Waals surface area contributed by atoms with Gasteiger partial charge < -0.3 is 15.4 Å². The van der Waals surface area contributed by atoms with Crippen molar-refractivity contribution in [3.8, 4) is 11.3 Å². The Hall–Kier alpha value is -2.61. The highest BCUT2D eigenvalue weighted by Gasteiger charge is 2.25. The lowest BCUT2D eigenvalue weighted by molar-refractivity contribution is 0.0696. The second kappa shape index (κ2) is 5.98. The Morgan fingerprint density at radius 2 is 1.96 bits per heavy atom. The summed E-state index contributed by atoms with van der Waals surface area (Å²) in [6, 6.07) is 1.80. The molecule has 0 radical (unpaired) electrons. The molecule has 0 saturated carbocycles. The summed E-state index contributed by atoms with van der Waals surface area (Å²) in [5, 5.41) is 22.1. The highest BCUT2D eigenvalue weighted by Crippen LogP contribution is 2.31. The number of H-pyrrole nitrogens is 1. The zero-order valence-electron chi connectivity index (χ0n) is 16.0. The standard InChI is InChI=1S/C18H26N6O2/c1-9(2)10(3)24-8-11(15-14(17(24)25)16(19)21-20-15)12-7-13(18(4,5)26)23(6)22-12/h7-10,26H,1-6H3,(H3,19,20,21). The Morgan fingerprint density at radius 1 is 1.31 bits per heavy atom. The average Bonchev–Trinajstić information content (AvgIpc) is 3.10. The number of nitrogens with two attached hydrogens (primary N) is 1. The minimum atomic E-state index is -1.04. The predicted octanol–water partition coefficient (Wildman–Crippen LogP) is 2.15. The first-order chi connectivity index (χ1) is 12.0. The van der Waals surface area contributed by atoms with E-state index in [-0.39, 0.29) is 23.3 Å². The first-order valence-corrected chi connectivity index (χ1v) is 8.68. The molecule has 3 rings (SSSR count). The molecular weight excluding hydrogens is 332 g/mol. The van der Waals surface area contributed by atoms with Crippen LogP contribution >= 0.6 is 0 Å². The molecule has 3 heterocycles. The topological polar surface area (TPSA) is 115 Å². The molecule has 0 aliphatic rings. The summed E-state index contributed by atoms with van der Waals surface area (Å²) in [6.07, 6.45) is 1.80. The van der Waals surface area contributed by atoms with Gasteiger partial charge in [0.2, 0.25) is 0 Å². The predicted molar refractivity (Wildman–Crippen MR) is 102 cm³/mol. The second-order valence-electron chi connectivity index (χ2n) is 7.70. The van der Waals surface area contributed by atoms with Gasteiger partial charge in [0, 0.05) is 24.8 Å². The van der Waals surface area contributed by atoms with Crippen LogP contribution in [0.3, 0.4) is 0 Å². The minimum Gasteiger partial charge on any atom is -0.384 e. The summed E-state index contributed by atoms with van der Waals surface area (Å²) in [6.45, 7) is 9.54. The third-order valence-corrected chi connectivity index (χ3v) is 4.97. The molecule has 0 fully saturated rings. The van der Waals surface area contributed by atoms with Gasteiger partial charge in [0.05, 0.1) is 16.9 Å². The van der Waals surface area contributed by atoms with Gasteiger partial charge in [-0.3, -0.25) is 14.6 Å². The number of pyridine rings is 1. The van der Waals surface area contributed by atoms with Crippen LogP contribution in [-0.2, 0) is 12.6 Å². The first-order valence-electron chi connectivity index (χ1n) is 8.68. The zero-order chi connectivity index (χ0) is 19.4. The van der Waals surface area contributed by atoms with Gasteiger partial charge in [0.25, 0.3) is 5.56 Å². The number of fused-ring (bicyclic) bond motifs is 1. The molecule has 0 saturated heterocycles. The molecule has 140 valence electrons. The van der Waals surface area contributed by atoms with Crippen LogP contribution in [0.1, 0.15) is 46.4 Å². The van der Waals surface area contributed by atoms with Crippen LogP contribution in [0.5, 0.6) is 0 Å². The summed E-state index contributed by atoms with van der Waals surface area (Å²) in [4.78, 5) is 12.9. The minimum absolute atomic E-state index is 0.0163. The Kier molecular flexibility index (Phi) is 4.18. The van der Waals surface area contributed by atoms with Crippen LogP contribution < -0.4 is 11.3 Å². The summed E-state index contributed by atoms with van der Waals surface area (Å²) in [5.74, 6) is 0.442. The van der Waals surface area contributed by atoms with Crippen LogP contribution in [0.25, 0.3) is 22.2 Å². The number of aromatic amines is 1. The number of anilines is 1. The molecule has 0 aliphatic heterocycles. The van der Waals surface area contributed by atoms with Gasteiger partial charge in [0.1, 0.15) is 11.0 Å². The van der Waals surface area contributed by atoms with E-state index in [1.165, 1.54) is 0 Å². The van der Waals surface area contributed by atoms with E-state index >= 15 is 0 Å². The molecule has 0 spiro atoms. The van der Waals surface area contributed by atoms with Gasteiger partial charge in [-0.15, -0.1) is 0 Å². The maximum Gasteiger partial charge on any atom is 0.264 e. The third-order valence-electron chi connectivity index (χ3n) is 4.97. The largest absolute Gasteiger partial charge is 0.384 e. The molecule has 8 nitrogen and oxygen atoms in total. The molecule has 8 heteroatoms. The first kappa shape index (κ1) is 18.2. The fourth-order valence-electron chi connectivity index (χ4n) is 3.15. The van der Waals surface area contributed by atoms with Crippen LogP contribution in [0, 0.1) is 5.92 Å². The van der Waals surface area contributed by atoms with Crippen molar-refractivity contribution >= 4 is 16.7 Å². The summed E-state index contributed by atoms with van der Waals surface area (Å²) < 4.78 is 3.33. The van der Waals surface area contributed by atoms with E-state index in [1.807, 2.05) is 13.0 Å². The number of nitrogen functional groups attached to an aromatic ring is 1. The number of hydrogen-bond donors (Lipinski definition) is 3. The summed E-state index contributed by atoms with van der Waals surface area (Å²) in [7, 11) is 1.78. The smallest absolute Gasteiger partial charge is 0.264 e. The molecule has 1 unspecified atom stereocenters. The van der Waals surface area contributed by atoms with Crippen molar-refractivity contribution in [3.05, 3.63) is 28.3 Å². The van der Waals surface area contributed by atoms with Gasteiger partial charge >= 0.3 is 0 Å². The molecule has 4 N–H and O–H groups in total. The number of nitrogens with zero attached hydrogens (tertiary/aromatic N) is 4. The van der Waals surface area contributed by atoms with E-state index < -0.39 is 5.60 Å². The SMILES string of the molecule is CC(C)C(C)n1cc(-c2cc(C(C)(C)O)n(C)n2)c2[nH]nc(N)c2c1=O. The lowest BCUT2D eigenvalue weighted by atomic mass is 10.0. The van der Waals surface area contributed by atoms with E-state index in [0.717, 1.165) is 5.56 Å². The zero-order valence-corrected chi connectivity index (χ0v) is 16.0. The van der Waals surface area contributed by atoms with Gasteiger partial charge in [-0.05, 0) is 32.8 Å². The molecule has 0 aliphatic carbocycles. The molecule has 3 aromatic rings. The van der Waals surface area contributed by atoms with Crippen molar-refractivity contribution in [2.24, 2.45) is 13.0 Å². The normalized spacial score (nSPS) is 13.7. The molecule has 0 bridgehead atoms. The molecule has 0 amide bonds. The van der Waals surface area contributed by atoms with Crippen molar-refractivity contribution in [1.82, 2.24) is 24.5 Å². The fraction of sp³-hybridized carbons (Fsp3) is 0.500. The summed E-state index contributed by atoms with van der Waals surface area (Å²) in [5.41, 5.74) is 7.34. The molecule has 0 aromatic carbocycles. The Balaban J connectivity index is 2.33.